The second-order valence-corrected chi connectivity index (χ2v) is 5.49. The molecule has 3 rings (SSSR count). The molecule has 0 bridgehead atoms. The molecule has 2 unspecified atom stereocenters. The van der Waals surface area contributed by atoms with Gasteiger partial charge in [-0.3, -0.25) is 4.68 Å². The van der Waals surface area contributed by atoms with E-state index in [9.17, 15) is 5.26 Å². The van der Waals surface area contributed by atoms with Crippen molar-refractivity contribution < 1.29 is 4.74 Å². The van der Waals surface area contributed by atoms with E-state index in [0.717, 1.165) is 25.0 Å². The first-order valence-corrected chi connectivity index (χ1v) is 7.23. The number of hydrogen-bond donors (Lipinski definition) is 0. The van der Waals surface area contributed by atoms with E-state index in [2.05, 4.69) is 16.2 Å². The Morgan fingerprint density at radius 3 is 2.86 bits per heavy atom. The standard InChI is InChI=1S/C16H18N4O/c17-10-16(9-15-7-4-8-21-15,11-20-13-18-12-19-20)14-5-2-1-3-6-14/h1-3,5-6,12-13,15H,4,7-9,11H2. The van der Waals surface area contributed by atoms with Gasteiger partial charge < -0.3 is 4.74 Å². The minimum absolute atomic E-state index is 0.147. The summed E-state index contributed by atoms with van der Waals surface area (Å²) in [5.74, 6) is 0. The van der Waals surface area contributed by atoms with Crippen molar-refractivity contribution in [3.63, 3.8) is 0 Å². The van der Waals surface area contributed by atoms with Crippen molar-refractivity contribution in [2.24, 2.45) is 0 Å². The van der Waals surface area contributed by atoms with Crippen LogP contribution in [-0.4, -0.2) is 27.5 Å². The summed E-state index contributed by atoms with van der Waals surface area (Å²) in [5.41, 5.74) is 0.378. The minimum atomic E-state index is -0.635. The molecule has 2 heterocycles. The Labute approximate surface area is 124 Å². The van der Waals surface area contributed by atoms with E-state index in [0.29, 0.717) is 13.0 Å². The summed E-state index contributed by atoms with van der Waals surface area (Å²) >= 11 is 0. The van der Waals surface area contributed by atoms with Crippen LogP contribution in [0.3, 0.4) is 0 Å². The van der Waals surface area contributed by atoms with Crippen molar-refractivity contribution in [2.75, 3.05) is 6.61 Å². The van der Waals surface area contributed by atoms with Gasteiger partial charge in [-0.25, -0.2) is 4.98 Å². The predicted molar refractivity (Wildman–Crippen MR) is 77.3 cm³/mol. The topological polar surface area (TPSA) is 63.7 Å². The highest BCUT2D eigenvalue weighted by Crippen LogP contribution is 2.34. The van der Waals surface area contributed by atoms with E-state index in [-0.39, 0.29) is 6.10 Å². The third-order valence-corrected chi connectivity index (χ3v) is 4.04. The highest BCUT2D eigenvalue weighted by Gasteiger charge is 2.37. The monoisotopic (exact) mass is 282 g/mol. The lowest BCUT2D eigenvalue weighted by Gasteiger charge is -2.29. The van der Waals surface area contributed by atoms with E-state index < -0.39 is 5.41 Å². The van der Waals surface area contributed by atoms with Crippen LogP contribution in [0.25, 0.3) is 0 Å². The van der Waals surface area contributed by atoms with E-state index >= 15 is 0 Å². The molecule has 0 saturated carbocycles. The van der Waals surface area contributed by atoms with Gasteiger partial charge in [0.2, 0.25) is 0 Å². The van der Waals surface area contributed by atoms with Gasteiger partial charge in [-0.15, -0.1) is 0 Å². The van der Waals surface area contributed by atoms with Crippen molar-refractivity contribution in [2.45, 2.75) is 37.3 Å². The Kier molecular flexibility index (Phi) is 3.98. The van der Waals surface area contributed by atoms with Crippen molar-refractivity contribution in [3.8, 4) is 6.07 Å². The molecular formula is C16H18N4O. The van der Waals surface area contributed by atoms with Gasteiger partial charge in [-0.2, -0.15) is 10.4 Å². The van der Waals surface area contributed by atoms with Crippen LogP contribution in [0.1, 0.15) is 24.8 Å². The molecule has 5 heteroatoms. The number of nitriles is 1. The van der Waals surface area contributed by atoms with Gasteiger partial charge >= 0.3 is 0 Å². The summed E-state index contributed by atoms with van der Waals surface area (Å²) in [6, 6.07) is 12.5. The molecule has 0 aliphatic carbocycles. The van der Waals surface area contributed by atoms with Crippen molar-refractivity contribution in [1.29, 1.82) is 5.26 Å². The average molecular weight is 282 g/mol. The van der Waals surface area contributed by atoms with E-state index in [1.807, 2.05) is 30.3 Å². The number of aromatic nitrogens is 3. The Bertz CT molecular complexity index is 599. The van der Waals surface area contributed by atoms with E-state index in [4.69, 9.17) is 4.74 Å². The Morgan fingerprint density at radius 1 is 1.38 bits per heavy atom. The smallest absolute Gasteiger partial charge is 0.137 e. The van der Waals surface area contributed by atoms with Crippen LogP contribution in [0, 0.1) is 11.3 Å². The summed E-state index contributed by atoms with van der Waals surface area (Å²) in [6.45, 7) is 1.29. The lowest BCUT2D eigenvalue weighted by atomic mass is 9.76. The highest BCUT2D eigenvalue weighted by molar-refractivity contribution is 5.32. The average Bonchev–Trinajstić information content (AvgIpc) is 3.21. The first-order valence-electron chi connectivity index (χ1n) is 7.23. The summed E-state index contributed by atoms with van der Waals surface area (Å²) in [7, 11) is 0. The lowest BCUT2D eigenvalue weighted by molar-refractivity contribution is 0.0867. The summed E-state index contributed by atoms with van der Waals surface area (Å²) in [4.78, 5) is 3.98. The second-order valence-electron chi connectivity index (χ2n) is 5.49. The quantitative estimate of drug-likeness (QED) is 0.844. The van der Waals surface area contributed by atoms with Gasteiger partial charge in [0.1, 0.15) is 18.1 Å². The maximum atomic E-state index is 9.92. The van der Waals surface area contributed by atoms with Crippen LogP contribution >= 0.6 is 0 Å². The third-order valence-electron chi connectivity index (χ3n) is 4.04. The molecule has 1 fully saturated rings. The normalized spacial score (nSPS) is 20.8. The van der Waals surface area contributed by atoms with Gasteiger partial charge in [-0.1, -0.05) is 30.3 Å². The first-order chi connectivity index (χ1) is 10.3. The maximum absolute atomic E-state index is 9.92. The molecule has 2 aromatic rings. The van der Waals surface area contributed by atoms with Gasteiger partial charge in [0.15, 0.2) is 0 Å². The number of nitrogens with zero attached hydrogens (tertiary/aromatic N) is 4. The molecule has 2 atom stereocenters. The van der Waals surface area contributed by atoms with E-state index in [1.165, 1.54) is 6.33 Å². The minimum Gasteiger partial charge on any atom is -0.378 e. The largest absolute Gasteiger partial charge is 0.378 e. The molecule has 0 N–H and O–H groups in total. The number of hydrogen-bond acceptors (Lipinski definition) is 4. The third kappa shape index (κ3) is 2.96. The molecule has 21 heavy (non-hydrogen) atoms. The highest BCUT2D eigenvalue weighted by atomic mass is 16.5. The van der Waals surface area contributed by atoms with Gasteiger partial charge in [-0.05, 0) is 24.8 Å². The molecule has 108 valence electrons. The molecular weight excluding hydrogens is 264 g/mol. The van der Waals surface area contributed by atoms with Crippen molar-refractivity contribution in [1.82, 2.24) is 14.8 Å². The Morgan fingerprint density at radius 2 is 2.24 bits per heavy atom. The molecule has 1 saturated heterocycles. The first kappa shape index (κ1) is 13.8. The van der Waals surface area contributed by atoms with Crippen LogP contribution in [0.2, 0.25) is 0 Å². The molecule has 1 aromatic heterocycles. The molecule has 0 radical (unpaired) electrons. The summed E-state index contributed by atoms with van der Waals surface area (Å²) in [6.07, 6.45) is 6.09. The fourth-order valence-corrected chi connectivity index (χ4v) is 2.96. The molecule has 5 nitrogen and oxygen atoms in total. The van der Waals surface area contributed by atoms with Crippen LogP contribution in [0.4, 0.5) is 0 Å². The summed E-state index contributed by atoms with van der Waals surface area (Å²) < 4.78 is 7.48. The van der Waals surface area contributed by atoms with Crippen LogP contribution in [-0.2, 0) is 16.7 Å². The number of rotatable bonds is 5. The van der Waals surface area contributed by atoms with Gasteiger partial charge in [0, 0.05) is 6.61 Å². The molecule has 1 aromatic carbocycles. The number of ether oxygens (including phenoxy) is 1. The van der Waals surface area contributed by atoms with Gasteiger partial charge in [0.05, 0.1) is 18.7 Å². The fourth-order valence-electron chi connectivity index (χ4n) is 2.96. The maximum Gasteiger partial charge on any atom is 0.137 e. The van der Waals surface area contributed by atoms with Crippen molar-refractivity contribution in [3.05, 3.63) is 48.5 Å². The van der Waals surface area contributed by atoms with E-state index in [1.54, 1.807) is 11.0 Å². The zero-order valence-corrected chi connectivity index (χ0v) is 11.9. The zero-order chi connectivity index (χ0) is 14.5. The summed E-state index contributed by atoms with van der Waals surface area (Å²) in [5, 5.41) is 14.1. The van der Waals surface area contributed by atoms with Crippen LogP contribution < -0.4 is 0 Å². The second kappa shape index (κ2) is 6.06. The molecule has 0 spiro atoms. The fraction of sp³-hybridized carbons (Fsp3) is 0.438. The SMILES string of the molecule is N#CC(CC1CCCO1)(Cn1cncn1)c1ccccc1. The van der Waals surface area contributed by atoms with Gasteiger partial charge in [0.25, 0.3) is 0 Å². The molecule has 0 amide bonds. The molecule has 1 aliphatic heterocycles. The lowest BCUT2D eigenvalue weighted by Crippen LogP contribution is -2.34. The van der Waals surface area contributed by atoms with Crippen LogP contribution in [0.5, 0.6) is 0 Å². The van der Waals surface area contributed by atoms with Crippen LogP contribution in [0.15, 0.2) is 43.0 Å². The molecule has 1 aliphatic rings. The number of benzene rings is 1. The Hall–Kier alpha value is -2.19. The van der Waals surface area contributed by atoms with Crippen molar-refractivity contribution >= 4 is 0 Å². The predicted octanol–water partition coefficient (Wildman–Crippen LogP) is 2.31. The Balaban J connectivity index is 1.93. The zero-order valence-electron chi connectivity index (χ0n) is 11.9.